The Hall–Kier alpha value is -1.46. The summed E-state index contributed by atoms with van der Waals surface area (Å²) >= 11 is 1.65. The van der Waals surface area contributed by atoms with E-state index >= 15 is 0 Å². The van der Waals surface area contributed by atoms with Crippen molar-refractivity contribution in [3.63, 3.8) is 0 Å². The van der Waals surface area contributed by atoms with Crippen molar-refractivity contribution in [1.82, 2.24) is 10.3 Å². The van der Waals surface area contributed by atoms with E-state index in [9.17, 15) is 4.79 Å². The second-order valence-electron chi connectivity index (χ2n) is 4.94. The quantitative estimate of drug-likeness (QED) is 0.882. The minimum Gasteiger partial charge on any atom is -0.326 e. The van der Waals surface area contributed by atoms with E-state index in [0.29, 0.717) is 12.5 Å². The van der Waals surface area contributed by atoms with Gasteiger partial charge in [0, 0.05) is 24.7 Å². The van der Waals surface area contributed by atoms with Crippen LogP contribution in [0.3, 0.4) is 0 Å². The first-order chi connectivity index (χ1) is 9.20. The highest BCUT2D eigenvalue weighted by Gasteiger charge is 2.20. The summed E-state index contributed by atoms with van der Waals surface area (Å²) in [5.41, 5.74) is 1.85. The van der Waals surface area contributed by atoms with E-state index in [-0.39, 0.29) is 5.91 Å². The van der Waals surface area contributed by atoms with Gasteiger partial charge in [0.25, 0.3) is 0 Å². The van der Waals surface area contributed by atoms with Crippen LogP contribution in [0.15, 0.2) is 18.2 Å². The van der Waals surface area contributed by atoms with Crippen LogP contribution in [-0.2, 0) is 4.79 Å². The number of hydrogen-bond donors (Lipinski definition) is 2. The Bertz CT molecular complexity index is 604. The minimum absolute atomic E-state index is 0.0636. The molecule has 2 N–H and O–H groups in total. The Morgan fingerprint density at radius 3 is 3.11 bits per heavy atom. The molecule has 1 aromatic heterocycles. The summed E-state index contributed by atoms with van der Waals surface area (Å²) in [6.45, 7) is 2.75. The molecule has 0 unspecified atom stereocenters. The highest BCUT2D eigenvalue weighted by Crippen LogP contribution is 2.24. The van der Waals surface area contributed by atoms with Gasteiger partial charge in [0.15, 0.2) is 0 Å². The van der Waals surface area contributed by atoms with Gasteiger partial charge < -0.3 is 10.6 Å². The van der Waals surface area contributed by atoms with Crippen molar-refractivity contribution in [1.29, 1.82) is 0 Å². The van der Waals surface area contributed by atoms with Crippen molar-refractivity contribution in [2.24, 2.45) is 0 Å². The summed E-state index contributed by atoms with van der Waals surface area (Å²) in [6, 6.07) is 6.51. The number of anilines is 1. The Balaban J connectivity index is 1.58. The van der Waals surface area contributed by atoms with Crippen molar-refractivity contribution in [3.8, 4) is 0 Å². The van der Waals surface area contributed by atoms with E-state index in [2.05, 4.69) is 15.6 Å². The van der Waals surface area contributed by atoms with E-state index < -0.39 is 0 Å². The lowest BCUT2D eigenvalue weighted by Gasteiger charge is -2.05. The van der Waals surface area contributed by atoms with Crippen molar-refractivity contribution in [3.05, 3.63) is 23.2 Å². The summed E-state index contributed by atoms with van der Waals surface area (Å²) in [7, 11) is 0. The van der Waals surface area contributed by atoms with Crippen molar-refractivity contribution in [2.75, 3.05) is 11.9 Å². The molecule has 1 heterocycles. The monoisotopic (exact) mass is 275 g/mol. The SMILES string of the molecule is Cc1nc2ccc(NC(=O)CCNC3CC3)cc2s1. The average Bonchev–Trinajstić information content (AvgIpc) is 3.09. The average molecular weight is 275 g/mol. The van der Waals surface area contributed by atoms with E-state index in [4.69, 9.17) is 0 Å². The van der Waals surface area contributed by atoms with Crippen molar-refractivity contribution >= 4 is 33.1 Å². The number of hydrogen-bond acceptors (Lipinski definition) is 4. The molecule has 1 amide bonds. The smallest absolute Gasteiger partial charge is 0.225 e. The van der Waals surface area contributed by atoms with Crippen LogP contribution < -0.4 is 10.6 Å². The molecule has 0 saturated heterocycles. The molecule has 0 radical (unpaired) electrons. The fourth-order valence-corrected chi connectivity index (χ4v) is 2.88. The Kier molecular flexibility index (Phi) is 3.48. The lowest BCUT2D eigenvalue weighted by molar-refractivity contribution is -0.116. The third kappa shape index (κ3) is 3.30. The lowest BCUT2D eigenvalue weighted by atomic mass is 10.3. The molecule has 3 rings (SSSR count). The van der Waals surface area contributed by atoms with Gasteiger partial charge in [0.05, 0.1) is 15.2 Å². The zero-order valence-electron chi connectivity index (χ0n) is 10.9. The maximum atomic E-state index is 11.8. The van der Waals surface area contributed by atoms with Crippen LogP contribution >= 0.6 is 11.3 Å². The molecule has 0 bridgehead atoms. The van der Waals surface area contributed by atoms with Gasteiger partial charge in [-0.2, -0.15) is 0 Å². The molecular formula is C14H17N3OS. The zero-order valence-corrected chi connectivity index (χ0v) is 11.7. The van der Waals surface area contributed by atoms with Crippen LogP contribution in [-0.4, -0.2) is 23.5 Å². The van der Waals surface area contributed by atoms with Crippen LogP contribution in [0.5, 0.6) is 0 Å². The van der Waals surface area contributed by atoms with Crippen molar-refractivity contribution < 1.29 is 4.79 Å². The van der Waals surface area contributed by atoms with Crippen LogP contribution in [0.2, 0.25) is 0 Å². The largest absolute Gasteiger partial charge is 0.326 e. The molecule has 1 aliphatic rings. The highest BCUT2D eigenvalue weighted by molar-refractivity contribution is 7.18. The number of nitrogens with one attached hydrogen (secondary N) is 2. The topological polar surface area (TPSA) is 54.0 Å². The first kappa shape index (κ1) is 12.6. The van der Waals surface area contributed by atoms with Gasteiger partial charge in [-0.15, -0.1) is 11.3 Å². The standard InChI is InChI=1S/C14H17N3OS/c1-9-16-12-5-4-11(8-13(12)19-9)17-14(18)6-7-15-10-2-3-10/h4-5,8,10,15H,2-3,6-7H2,1H3,(H,17,18). The molecule has 0 spiro atoms. The van der Waals surface area contributed by atoms with E-state index in [1.807, 2.05) is 25.1 Å². The predicted molar refractivity (Wildman–Crippen MR) is 78.6 cm³/mol. The molecule has 100 valence electrons. The summed E-state index contributed by atoms with van der Waals surface area (Å²) in [6.07, 6.45) is 3.03. The molecule has 1 fully saturated rings. The van der Waals surface area contributed by atoms with Gasteiger partial charge in [-0.3, -0.25) is 4.79 Å². The summed E-state index contributed by atoms with van der Waals surface area (Å²) in [5.74, 6) is 0.0636. The number of benzene rings is 1. The first-order valence-corrected chi connectivity index (χ1v) is 7.43. The molecule has 4 nitrogen and oxygen atoms in total. The van der Waals surface area contributed by atoms with E-state index in [1.54, 1.807) is 11.3 Å². The number of nitrogens with zero attached hydrogens (tertiary/aromatic N) is 1. The fourth-order valence-electron chi connectivity index (χ4n) is 2.02. The number of aryl methyl sites for hydroxylation is 1. The van der Waals surface area contributed by atoms with Gasteiger partial charge in [-0.25, -0.2) is 4.98 Å². The first-order valence-electron chi connectivity index (χ1n) is 6.61. The molecule has 19 heavy (non-hydrogen) atoms. The van der Waals surface area contributed by atoms with Gasteiger partial charge in [-0.1, -0.05) is 0 Å². The predicted octanol–water partition coefficient (Wildman–Crippen LogP) is 2.69. The zero-order chi connectivity index (χ0) is 13.2. The highest BCUT2D eigenvalue weighted by atomic mass is 32.1. The van der Waals surface area contributed by atoms with Gasteiger partial charge in [0.1, 0.15) is 0 Å². The molecule has 1 saturated carbocycles. The number of thiazole rings is 1. The number of aromatic nitrogens is 1. The molecule has 2 aromatic rings. The maximum Gasteiger partial charge on any atom is 0.225 e. The molecular weight excluding hydrogens is 258 g/mol. The van der Waals surface area contributed by atoms with Crippen molar-refractivity contribution in [2.45, 2.75) is 32.2 Å². The molecule has 0 atom stereocenters. The summed E-state index contributed by atoms with van der Waals surface area (Å²) in [4.78, 5) is 16.2. The van der Waals surface area contributed by atoms with Crippen LogP contribution in [0.25, 0.3) is 10.2 Å². The van der Waals surface area contributed by atoms with Crippen LogP contribution in [0.4, 0.5) is 5.69 Å². The minimum atomic E-state index is 0.0636. The van der Waals surface area contributed by atoms with Gasteiger partial charge in [-0.05, 0) is 38.0 Å². The molecule has 5 heteroatoms. The summed E-state index contributed by atoms with van der Waals surface area (Å²) in [5, 5.41) is 7.32. The third-order valence-corrected chi connectivity index (χ3v) is 4.08. The molecule has 1 aliphatic carbocycles. The maximum absolute atomic E-state index is 11.8. The second kappa shape index (κ2) is 5.27. The Morgan fingerprint density at radius 2 is 2.32 bits per heavy atom. The third-order valence-electron chi connectivity index (χ3n) is 3.14. The lowest BCUT2D eigenvalue weighted by Crippen LogP contribution is -2.23. The summed E-state index contributed by atoms with van der Waals surface area (Å²) < 4.78 is 1.12. The fraction of sp³-hybridized carbons (Fsp3) is 0.429. The number of carbonyl (C=O) groups excluding carboxylic acids is 1. The molecule has 0 aliphatic heterocycles. The van der Waals surface area contributed by atoms with E-state index in [1.165, 1.54) is 12.8 Å². The van der Waals surface area contributed by atoms with Crippen LogP contribution in [0.1, 0.15) is 24.3 Å². The Labute approximate surface area is 116 Å². The van der Waals surface area contributed by atoms with Gasteiger partial charge >= 0.3 is 0 Å². The molecule has 1 aromatic carbocycles. The van der Waals surface area contributed by atoms with E-state index in [0.717, 1.165) is 27.5 Å². The Morgan fingerprint density at radius 1 is 1.47 bits per heavy atom. The van der Waals surface area contributed by atoms with Gasteiger partial charge in [0.2, 0.25) is 5.91 Å². The van der Waals surface area contributed by atoms with Crippen LogP contribution in [0, 0.1) is 6.92 Å². The number of amides is 1. The number of carbonyl (C=O) groups is 1. The second-order valence-corrected chi connectivity index (χ2v) is 6.18. The number of rotatable bonds is 5. The number of fused-ring (bicyclic) bond motifs is 1. The normalized spacial score (nSPS) is 14.8.